The minimum absolute atomic E-state index is 0.0275. The number of thiocarbonyl (C=S) groups is 1. The molecule has 2 saturated heterocycles. The van der Waals surface area contributed by atoms with Crippen molar-refractivity contribution in [3.63, 3.8) is 0 Å². The van der Waals surface area contributed by atoms with E-state index in [1.54, 1.807) is 16.4 Å². The van der Waals surface area contributed by atoms with Gasteiger partial charge < -0.3 is 9.80 Å². The molecule has 3 rings (SSSR count). The summed E-state index contributed by atoms with van der Waals surface area (Å²) < 4.78 is 2.25. The zero-order valence-corrected chi connectivity index (χ0v) is 20.4. The molecular weight excluding hydrogens is 430 g/mol. The molecule has 2 aliphatic rings. The van der Waals surface area contributed by atoms with Gasteiger partial charge in [-0.2, -0.15) is 5.26 Å². The molecule has 1 amide bonds. The van der Waals surface area contributed by atoms with Gasteiger partial charge >= 0.3 is 0 Å². The standard InChI is InChI=1S/C22H29N5O2S2/c1-6-7-26-19(25-10-8-24(5)9-11-25)16(15(4)17(13-23)20(26)28)12-18-21(29)27(14(2)3)22(30)31-18/h12,14H,6-11H2,1-5H3/b18-12+. The fourth-order valence-electron chi connectivity index (χ4n) is 3.99. The molecule has 0 bridgehead atoms. The topological polar surface area (TPSA) is 72.6 Å². The van der Waals surface area contributed by atoms with Crippen molar-refractivity contribution in [2.45, 2.75) is 46.7 Å². The molecule has 2 aliphatic heterocycles. The van der Waals surface area contributed by atoms with Gasteiger partial charge in [0, 0.05) is 44.3 Å². The summed E-state index contributed by atoms with van der Waals surface area (Å²) in [5, 5.41) is 9.72. The third-order valence-corrected chi connectivity index (χ3v) is 7.04. The van der Waals surface area contributed by atoms with Gasteiger partial charge in [-0.25, -0.2) is 0 Å². The molecule has 1 aromatic rings. The van der Waals surface area contributed by atoms with Crippen LogP contribution in [0.5, 0.6) is 0 Å². The molecule has 0 radical (unpaired) electrons. The summed E-state index contributed by atoms with van der Waals surface area (Å²) in [7, 11) is 2.08. The van der Waals surface area contributed by atoms with Gasteiger partial charge in [0.05, 0.1) is 4.91 Å². The van der Waals surface area contributed by atoms with Gasteiger partial charge in [0.25, 0.3) is 11.5 Å². The number of thioether (sulfide) groups is 1. The van der Waals surface area contributed by atoms with Crippen molar-refractivity contribution in [1.29, 1.82) is 5.26 Å². The highest BCUT2D eigenvalue weighted by atomic mass is 32.2. The van der Waals surface area contributed by atoms with Gasteiger partial charge in [-0.05, 0) is 45.9 Å². The summed E-state index contributed by atoms with van der Waals surface area (Å²) in [5.41, 5.74) is 1.25. The minimum Gasteiger partial charge on any atom is -0.355 e. The van der Waals surface area contributed by atoms with Gasteiger partial charge in [-0.3, -0.25) is 19.1 Å². The Morgan fingerprint density at radius 2 is 1.87 bits per heavy atom. The number of aromatic nitrogens is 1. The number of carbonyl (C=O) groups excluding carboxylic acids is 1. The first-order chi connectivity index (χ1) is 14.7. The van der Waals surface area contributed by atoms with Gasteiger partial charge in [-0.15, -0.1) is 0 Å². The number of anilines is 1. The third-order valence-electron chi connectivity index (χ3n) is 5.71. The van der Waals surface area contributed by atoms with E-state index in [1.807, 2.05) is 26.8 Å². The highest BCUT2D eigenvalue weighted by Gasteiger charge is 2.35. The van der Waals surface area contributed by atoms with Gasteiger partial charge in [0.2, 0.25) is 0 Å². The van der Waals surface area contributed by atoms with E-state index in [9.17, 15) is 14.9 Å². The highest BCUT2D eigenvalue weighted by Crippen LogP contribution is 2.36. The average Bonchev–Trinajstić information content (AvgIpc) is 3.00. The molecule has 0 saturated carbocycles. The Morgan fingerprint density at radius 1 is 1.23 bits per heavy atom. The van der Waals surface area contributed by atoms with Crippen LogP contribution >= 0.6 is 24.0 Å². The normalized spacial score (nSPS) is 19.1. The number of carbonyl (C=O) groups is 1. The summed E-state index contributed by atoms with van der Waals surface area (Å²) in [6.45, 7) is 11.5. The zero-order valence-electron chi connectivity index (χ0n) is 18.8. The number of piperazine rings is 1. The van der Waals surface area contributed by atoms with Gasteiger partial charge in [-0.1, -0.05) is 30.9 Å². The van der Waals surface area contributed by atoms with Crippen LogP contribution < -0.4 is 10.5 Å². The SMILES string of the molecule is CCCn1c(N2CCN(C)CC2)c(/C=C2/SC(=S)N(C(C)C)C2=O)c(C)c(C#N)c1=O. The number of pyridine rings is 1. The van der Waals surface area contributed by atoms with Crippen molar-refractivity contribution in [3.05, 3.63) is 31.9 Å². The summed E-state index contributed by atoms with van der Waals surface area (Å²) in [5.74, 6) is 0.673. The Hall–Kier alpha value is -2.15. The molecule has 2 fully saturated rings. The lowest BCUT2D eigenvalue weighted by molar-refractivity contribution is -0.123. The Bertz CT molecular complexity index is 1030. The van der Waals surface area contributed by atoms with E-state index in [4.69, 9.17) is 12.2 Å². The molecule has 1 aromatic heterocycles. The molecule has 9 heteroatoms. The predicted molar refractivity (Wildman–Crippen MR) is 130 cm³/mol. The zero-order chi connectivity index (χ0) is 22.9. The lowest BCUT2D eigenvalue weighted by Gasteiger charge is -2.36. The van der Waals surface area contributed by atoms with E-state index < -0.39 is 0 Å². The Balaban J connectivity index is 2.24. The van der Waals surface area contributed by atoms with Crippen molar-refractivity contribution < 1.29 is 4.79 Å². The molecule has 0 N–H and O–H groups in total. The molecule has 0 aliphatic carbocycles. The molecule has 0 aromatic carbocycles. The van der Waals surface area contributed by atoms with E-state index >= 15 is 0 Å². The average molecular weight is 460 g/mol. The van der Waals surface area contributed by atoms with Gasteiger partial charge in [0.1, 0.15) is 21.8 Å². The largest absolute Gasteiger partial charge is 0.355 e. The Labute approximate surface area is 193 Å². The van der Waals surface area contributed by atoms with E-state index in [0.717, 1.165) is 44.0 Å². The van der Waals surface area contributed by atoms with Crippen LogP contribution in [0.3, 0.4) is 0 Å². The van der Waals surface area contributed by atoms with Crippen molar-refractivity contribution in [2.75, 3.05) is 38.1 Å². The van der Waals surface area contributed by atoms with E-state index in [2.05, 4.69) is 22.9 Å². The lowest BCUT2D eigenvalue weighted by Crippen LogP contribution is -2.47. The van der Waals surface area contributed by atoms with E-state index in [0.29, 0.717) is 21.3 Å². The number of nitriles is 1. The predicted octanol–water partition coefficient (Wildman–Crippen LogP) is 2.80. The third kappa shape index (κ3) is 4.43. The van der Waals surface area contributed by atoms with Crippen LogP contribution in [0, 0.1) is 18.3 Å². The fourth-order valence-corrected chi connectivity index (χ4v) is 5.50. The summed E-state index contributed by atoms with van der Waals surface area (Å²) in [4.78, 5) is 32.8. The van der Waals surface area contributed by atoms with Crippen LogP contribution in [0.1, 0.15) is 43.9 Å². The van der Waals surface area contributed by atoms with Crippen molar-refractivity contribution in [3.8, 4) is 6.07 Å². The molecule has 7 nitrogen and oxygen atoms in total. The van der Waals surface area contributed by atoms with Crippen LogP contribution in [0.2, 0.25) is 0 Å². The number of likely N-dealkylation sites (N-methyl/N-ethyl adjacent to an activating group) is 1. The highest BCUT2D eigenvalue weighted by molar-refractivity contribution is 8.26. The van der Waals surface area contributed by atoms with Crippen LogP contribution in [0.15, 0.2) is 9.70 Å². The molecule has 0 spiro atoms. The van der Waals surface area contributed by atoms with E-state index in [1.165, 1.54) is 11.8 Å². The van der Waals surface area contributed by atoms with Crippen molar-refractivity contribution in [1.82, 2.24) is 14.4 Å². The number of amides is 1. The molecule has 0 unspecified atom stereocenters. The monoisotopic (exact) mass is 459 g/mol. The molecular formula is C22H29N5O2S2. The van der Waals surface area contributed by atoms with E-state index in [-0.39, 0.29) is 23.1 Å². The van der Waals surface area contributed by atoms with Gasteiger partial charge in [0.15, 0.2) is 0 Å². The number of nitrogens with zero attached hydrogens (tertiary/aromatic N) is 5. The van der Waals surface area contributed by atoms with Crippen molar-refractivity contribution >= 4 is 46.1 Å². The second-order valence-electron chi connectivity index (χ2n) is 8.24. The summed E-state index contributed by atoms with van der Waals surface area (Å²) in [6, 6.07) is 2.07. The maximum Gasteiger partial charge on any atom is 0.270 e. The smallest absolute Gasteiger partial charge is 0.270 e. The Morgan fingerprint density at radius 3 is 2.39 bits per heavy atom. The Kier molecular flexibility index (Phi) is 7.24. The second kappa shape index (κ2) is 9.55. The summed E-state index contributed by atoms with van der Waals surface area (Å²) >= 11 is 6.71. The van der Waals surface area contributed by atoms with Crippen LogP contribution in [0.4, 0.5) is 5.82 Å². The fraction of sp³-hybridized carbons (Fsp3) is 0.545. The van der Waals surface area contributed by atoms with Crippen molar-refractivity contribution in [2.24, 2.45) is 0 Å². The molecule has 166 valence electrons. The van der Waals surface area contributed by atoms with Crippen LogP contribution in [-0.2, 0) is 11.3 Å². The molecule has 0 atom stereocenters. The number of hydrogen-bond donors (Lipinski definition) is 0. The van der Waals surface area contributed by atoms with Crippen LogP contribution in [0.25, 0.3) is 6.08 Å². The quantitative estimate of drug-likeness (QED) is 0.495. The molecule has 31 heavy (non-hydrogen) atoms. The second-order valence-corrected chi connectivity index (χ2v) is 9.92. The minimum atomic E-state index is -0.261. The maximum atomic E-state index is 13.2. The first-order valence-corrected chi connectivity index (χ1v) is 11.8. The first kappa shape index (κ1) is 23.5. The molecule has 3 heterocycles. The lowest BCUT2D eigenvalue weighted by atomic mass is 10.0. The first-order valence-electron chi connectivity index (χ1n) is 10.6. The van der Waals surface area contributed by atoms with Crippen LogP contribution in [-0.4, -0.2) is 63.9 Å². The summed E-state index contributed by atoms with van der Waals surface area (Å²) in [6.07, 6.45) is 2.60. The number of hydrogen-bond acceptors (Lipinski definition) is 7. The maximum absolute atomic E-state index is 13.2. The number of rotatable bonds is 5.